The predicted octanol–water partition coefficient (Wildman–Crippen LogP) is 2.86. The Labute approximate surface area is 103 Å². The van der Waals surface area contributed by atoms with E-state index in [1.165, 1.54) is 13.0 Å². The lowest BCUT2D eigenvalue weighted by molar-refractivity contribution is -0.385. The maximum atomic E-state index is 10.9. The topological polar surface area (TPSA) is 80.4 Å². The number of hydrogen-bond donors (Lipinski definition) is 1. The van der Waals surface area contributed by atoms with Crippen LogP contribution < -0.4 is 0 Å². The van der Waals surface area contributed by atoms with E-state index in [0.717, 1.165) is 0 Å². The lowest BCUT2D eigenvalue weighted by Gasteiger charge is -2.06. The summed E-state index contributed by atoms with van der Waals surface area (Å²) in [6.45, 7) is 1.36. The van der Waals surface area contributed by atoms with E-state index in [0.29, 0.717) is 3.57 Å². The van der Waals surface area contributed by atoms with Crippen LogP contribution in [0.1, 0.15) is 15.9 Å². The summed E-state index contributed by atoms with van der Waals surface area (Å²) < 4.78 is 0.351. The van der Waals surface area contributed by atoms with Crippen LogP contribution in [0.2, 0.25) is 5.02 Å². The van der Waals surface area contributed by atoms with Gasteiger partial charge in [0, 0.05) is 15.2 Å². The number of hydrogen-bond acceptors (Lipinski definition) is 3. The van der Waals surface area contributed by atoms with Crippen molar-refractivity contribution in [1.82, 2.24) is 0 Å². The van der Waals surface area contributed by atoms with Gasteiger partial charge in [-0.2, -0.15) is 0 Å². The van der Waals surface area contributed by atoms with Crippen molar-refractivity contribution in [2.45, 2.75) is 6.92 Å². The number of nitro groups is 1. The Morgan fingerprint density at radius 1 is 1.67 bits per heavy atom. The monoisotopic (exact) mass is 341 g/mol. The zero-order valence-electron chi connectivity index (χ0n) is 7.45. The second kappa shape index (κ2) is 4.31. The number of carbonyl (C=O) groups is 1. The SMILES string of the molecule is Cc1c([N+](=O)[O-])cc(I)c(Cl)c1C(=O)O. The molecule has 0 spiro atoms. The summed E-state index contributed by atoms with van der Waals surface area (Å²) in [7, 11) is 0. The van der Waals surface area contributed by atoms with E-state index < -0.39 is 10.9 Å². The van der Waals surface area contributed by atoms with Gasteiger partial charge in [0.1, 0.15) is 0 Å². The van der Waals surface area contributed by atoms with E-state index in [4.69, 9.17) is 16.7 Å². The van der Waals surface area contributed by atoms with Gasteiger partial charge in [-0.1, -0.05) is 11.6 Å². The van der Waals surface area contributed by atoms with Crippen LogP contribution in [-0.4, -0.2) is 16.0 Å². The number of nitro benzene ring substituents is 1. The fourth-order valence-corrected chi connectivity index (χ4v) is 1.99. The normalized spacial score (nSPS) is 10.1. The van der Waals surface area contributed by atoms with Crippen LogP contribution in [0.15, 0.2) is 6.07 Å². The molecule has 0 fully saturated rings. The molecule has 1 rings (SSSR count). The molecule has 0 unspecified atom stereocenters. The Balaban J connectivity index is 3.63. The maximum absolute atomic E-state index is 10.9. The first-order chi connectivity index (χ1) is 6.86. The second-order valence-corrected chi connectivity index (χ2v) is 4.29. The van der Waals surface area contributed by atoms with Crippen LogP contribution in [0, 0.1) is 20.6 Å². The highest BCUT2D eigenvalue weighted by atomic mass is 127. The maximum Gasteiger partial charge on any atom is 0.337 e. The number of carboxylic acids is 1. The van der Waals surface area contributed by atoms with Crippen molar-refractivity contribution in [2.24, 2.45) is 0 Å². The van der Waals surface area contributed by atoms with Gasteiger partial charge in [-0.3, -0.25) is 10.1 Å². The number of nitrogens with zero attached hydrogens (tertiary/aromatic N) is 1. The van der Waals surface area contributed by atoms with Crippen molar-refractivity contribution < 1.29 is 14.8 Å². The third-order valence-corrected chi connectivity index (χ3v) is 3.42. The zero-order valence-corrected chi connectivity index (χ0v) is 10.4. The molecule has 5 nitrogen and oxygen atoms in total. The van der Waals surface area contributed by atoms with E-state index in [1.807, 2.05) is 0 Å². The molecule has 1 N–H and O–H groups in total. The van der Waals surface area contributed by atoms with Crippen LogP contribution in [0.3, 0.4) is 0 Å². The minimum Gasteiger partial charge on any atom is -0.478 e. The number of aromatic carboxylic acids is 1. The van der Waals surface area contributed by atoms with Crippen LogP contribution >= 0.6 is 34.2 Å². The van der Waals surface area contributed by atoms with Crippen molar-refractivity contribution in [1.29, 1.82) is 0 Å². The smallest absolute Gasteiger partial charge is 0.337 e. The highest BCUT2D eigenvalue weighted by Gasteiger charge is 2.23. The number of rotatable bonds is 2. The Morgan fingerprint density at radius 3 is 2.60 bits per heavy atom. The number of halogens is 2. The first-order valence-electron chi connectivity index (χ1n) is 3.72. The molecule has 0 aliphatic rings. The first-order valence-corrected chi connectivity index (χ1v) is 5.18. The molecule has 0 aliphatic heterocycles. The zero-order chi connectivity index (χ0) is 11.7. The average molecular weight is 341 g/mol. The van der Waals surface area contributed by atoms with E-state index in [2.05, 4.69) is 0 Å². The molecule has 15 heavy (non-hydrogen) atoms. The number of benzene rings is 1. The number of carboxylic acid groups (broad SMARTS) is 1. The highest BCUT2D eigenvalue weighted by Crippen LogP contribution is 2.32. The third kappa shape index (κ3) is 2.20. The van der Waals surface area contributed by atoms with Crippen LogP contribution in [0.25, 0.3) is 0 Å². The molecule has 1 aromatic rings. The molecule has 0 radical (unpaired) electrons. The van der Waals surface area contributed by atoms with Gasteiger partial charge in [0.25, 0.3) is 5.69 Å². The average Bonchev–Trinajstić information content (AvgIpc) is 2.10. The predicted molar refractivity (Wildman–Crippen MR) is 62.5 cm³/mol. The van der Waals surface area contributed by atoms with Crippen molar-refractivity contribution in [3.05, 3.63) is 35.9 Å². The highest BCUT2D eigenvalue weighted by molar-refractivity contribution is 14.1. The lowest BCUT2D eigenvalue weighted by Crippen LogP contribution is -2.05. The quantitative estimate of drug-likeness (QED) is 0.509. The van der Waals surface area contributed by atoms with Crippen molar-refractivity contribution >= 4 is 45.8 Å². The molecule has 0 heterocycles. The Bertz CT molecular complexity index is 460. The lowest BCUT2D eigenvalue weighted by atomic mass is 10.1. The molecule has 0 saturated heterocycles. The molecule has 0 saturated carbocycles. The molecule has 7 heteroatoms. The van der Waals surface area contributed by atoms with Gasteiger partial charge in [-0.05, 0) is 29.5 Å². The van der Waals surface area contributed by atoms with Crippen LogP contribution in [0.5, 0.6) is 0 Å². The molecule has 80 valence electrons. The fraction of sp³-hybridized carbons (Fsp3) is 0.125. The molecular weight excluding hydrogens is 336 g/mol. The Kier molecular flexibility index (Phi) is 3.50. The second-order valence-electron chi connectivity index (χ2n) is 2.75. The van der Waals surface area contributed by atoms with Gasteiger partial charge >= 0.3 is 5.97 Å². The van der Waals surface area contributed by atoms with Crippen molar-refractivity contribution in [2.75, 3.05) is 0 Å². The molecule has 0 aromatic heterocycles. The summed E-state index contributed by atoms with van der Waals surface area (Å²) in [5.74, 6) is -1.26. The summed E-state index contributed by atoms with van der Waals surface area (Å²) in [6.07, 6.45) is 0. The minimum atomic E-state index is -1.26. The summed E-state index contributed by atoms with van der Waals surface area (Å²) in [5, 5.41) is 19.5. The van der Waals surface area contributed by atoms with Crippen molar-refractivity contribution in [3.8, 4) is 0 Å². The van der Waals surface area contributed by atoms with Crippen LogP contribution in [0.4, 0.5) is 5.69 Å². The molecule has 0 atom stereocenters. The Morgan fingerprint density at radius 2 is 2.20 bits per heavy atom. The summed E-state index contributed by atoms with van der Waals surface area (Å²) in [6, 6.07) is 1.25. The molecular formula is C8H5ClINO4. The molecule has 1 aromatic carbocycles. The van der Waals surface area contributed by atoms with Gasteiger partial charge in [-0.25, -0.2) is 4.79 Å². The molecule has 0 amide bonds. The minimum absolute atomic E-state index is 0.0335. The molecule has 0 aliphatic carbocycles. The van der Waals surface area contributed by atoms with Crippen LogP contribution in [-0.2, 0) is 0 Å². The van der Waals surface area contributed by atoms with Crippen molar-refractivity contribution in [3.63, 3.8) is 0 Å². The van der Waals surface area contributed by atoms with E-state index in [-0.39, 0.29) is 21.8 Å². The molecule has 0 bridgehead atoms. The van der Waals surface area contributed by atoms with E-state index in [1.54, 1.807) is 22.6 Å². The van der Waals surface area contributed by atoms with Gasteiger partial charge < -0.3 is 5.11 Å². The first kappa shape index (κ1) is 12.2. The van der Waals surface area contributed by atoms with Gasteiger partial charge in [-0.15, -0.1) is 0 Å². The largest absolute Gasteiger partial charge is 0.478 e. The van der Waals surface area contributed by atoms with Gasteiger partial charge in [0.2, 0.25) is 0 Å². The Hall–Kier alpha value is -0.890. The summed E-state index contributed by atoms with van der Waals surface area (Å²) in [4.78, 5) is 20.9. The van der Waals surface area contributed by atoms with Gasteiger partial charge in [0.15, 0.2) is 0 Å². The summed E-state index contributed by atoms with van der Waals surface area (Å²) >= 11 is 7.52. The van der Waals surface area contributed by atoms with E-state index >= 15 is 0 Å². The fourth-order valence-electron chi connectivity index (χ4n) is 1.15. The standard InChI is InChI=1S/C8H5ClINO4/c1-3-5(11(14)15)2-4(10)7(9)6(3)8(12)13/h2H,1H3,(H,12,13). The van der Waals surface area contributed by atoms with Gasteiger partial charge in [0.05, 0.1) is 15.5 Å². The summed E-state index contributed by atoms with van der Waals surface area (Å²) in [5.41, 5.74) is -0.380. The third-order valence-electron chi connectivity index (χ3n) is 1.86. The van der Waals surface area contributed by atoms with E-state index in [9.17, 15) is 14.9 Å².